The Morgan fingerprint density at radius 1 is 0.905 bits per heavy atom. The molecule has 2 rings (SSSR count). The molecule has 1 nitrogen and oxygen atoms in total. The summed E-state index contributed by atoms with van der Waals surface area (Å²) < 4.78 is 0. The molecule has 2 aromatic carbocycles. The molecule has 2 aromatic rings. The van der Waals surface area contributed by atoms with Crippen LogP contribution in [0.4, 0.5) is 0 Å². The lowest BCUT2D eigenvalue weighted by molar-refractivity contribution is 0.550. The molecule has 0 aliphatic heterocycles. The van der Waals surface area contributed by atoms with Gasteiger partial charge in [0.15, 0.2) is 0 Å². The fourth-order valence-corrected chi connectivity index (χ4v) is 3.07. The molecule has 21 heavy (non-hydrogen) atoms. The van der Waals surface area contributed by atoms with Gasteiger partial charge in [0.2, 0.25) is 0 Å². The van der Waals surface area contributed by atoms with Crippen molar-refractivity contribution in [2.24, 2.45) is 0 Å². The first kappa shape index (κ1) is 16.9. The SMILES string of the molecule is CCNC(Cc1c(Cl)cccc1Cl)c1ccc(Cl)c(Cl)c1. The summed E-state index contributed by atoms with van der Waals surface area (Å²) in [5, 5.41) is 5.86. The number of hydrogen-bond acceptors (Lipinski definition) is 1. The molecule has 0 saturated heterocycles. The standard InChI is InChI=1S/C16H15Cl4N/c1-2-21-16(10-6-7-14(19)15(20)8-10)9-11-12(17)4-3-5-13(11)18/h3-8,16,21H,2,9H2,1H3. The molecular weight excluding hydrogens is 348 g/mol. The van der Waals surface area contributed by atoms with E-state index in [-0.39, 0.29) is 6.04 Å². The first-order valence-corrected chi connectivity index (χ1v) is 8.15. The first-order valence-electron chi connectivity index (χ1n) is 6.64. The van der Waals surface area contributed by atoms with Crippen LogP contribution in [0.2, 0.25) is 20.1 Å². The molecule has 0 aliphatic carbocycles. The van der Waals surface area contributed by atoms with Crippen molar-refractivity contribution in [2.45, 2.75) is 19.4 Å². The molecule has 0 aliphatic rings. The Morgan fingerprint density at radius 3 is 2.14 bits per heavy atom. The lowest BCUT2D eigenvalue weighted by Gasteiger charge is -2.20. The summed E-state index contributed by atoms with van der Waals surface area (Å²) in [4.78, 5) is 0. The summed E-state index contributed by atoms with van der Waals surface area (Å²) in [7, 11) is 0. The fraction of sp³-hybridized carbons (Fsp3) is 0.250. The van der Waals surface area contributed by atoms with Crippen molar-refractivity contribution in [1.82, 2.24) is 5.32 Å². The lowest BCUT2D eigenvalue weighted by atomic mass is 9.98. The minimum atomic E-state index is 0.0715. The average molecular weight is 363 g/mol. The Kier molecular flexibility index (Phi) is 6.21. The lowest BCUT2D eigenvalue weighted by Crippen LogP contribution is -2.23. The van der Waals surface area contributed by atoms with Crippen molar-refractivity contribution in [1.29, 1.82) is 0 Å². The monoisotopic (exact) mass is 361 g/mol. The summed E-state index contributed by atoms with van der Waals surface area (Å²) >= 11 is 24.6. The molecule has 0 spiro atoms. The van der Waals surface area contributed by atoms with Crippen molar-refractivity contribution in [3.05, 3.63) is 67.6 Å². The van der Waals surface area contributed by atoms with Crippen molar-refractivity contribution in [3.63, 3.8) is 0 Å². The number of rotatable bonds is 5. The van der Waals surface area contributed by atoms with Gasteiger partial charge in [0.1, 0.15) is 0 Å². The summed E-state index contributed by atoms with van der Waals surface area (Å²) in [6.07, 6.45) is 0.685. The molecule has 0 radical (unpaired) electrons. The van der Waals surface area contributed by atoms with Crippen LogP contribution in [0.15, 0.2) is 36.4 Å². The third-order valence-electron chi connectivity index (χ3n) is 3.27. The molecule has 0 fully saturated rings. The highest BCUT2D eigenvalue weighted by atomic mass is 35.5. The molecule has 1 unspecified atom stereocenters. The second-order valence-electron chi connectivity index (χ2n) is 4.69. The van der Waals surface area contributed by atoms with Crippen LogP contribution in [0, 0.1) is 0 Å². The van der Waals surface area contributed by atoms with Crippen LogP contribution in [-0.2, 0) is 6.42 Å². The van der Waals surface area contributed by atoms with E-state index in [2.05, 4.69) is 12.2 Å². The summed E-state index contributed by atoms with van der Waals surface area (Å²) in [5.74, 6) is 0. The summed E-state index contributed by atoms with van der Waals surface area (Å²) in [6.45, 7) is 2.88. The predicted molar refractivity (Wildman–Crippen MR) is 93.0 cm³/mol. The average Bonchev–Trinajstić information content (AvgIpc) is 2.45. The van der Waals surface area contributed by atoms with E-state index < -0.39 is 0 Å². The number of benzene rings is 2. The van der Waals surface area contributed by atoms with Gasteiger partial charge < -0.3 is 5.32 Å². The topological polar surface area (TPSA) is 12.0 Å². The zero-order valence-electron chi connectivity index (χ0n) is 11.5. The maximum Gasteiger partial charge on any atom is 0.0595 e. The zero-order valence-corrected chi connectivity index (χ0v) is 14.5. The minimum absolute atomic E-state index is 0.0715. The van der Waals surface area contributed by atoms with Gasteiger partial charge in [0.25, 0.3) is 0 Å². The molecule has 0 saturated carbocycles. The molecule has 0 amide bonds. The first-order chi connectivity index (χ1) is 10.0. The van der Waals surface area contributed by atoms with E-state index in [0.29, 0.717) is 26.5 Å². The Morgan fingerprint density at radius 2 is 1.57 bits per heavy atom. The van der Waals surface area contributed by atoms with Gasteiger partial charge in [-0.1, -0.05) is 65.5 Å². The molecule has 1 N–H and O–H groups in total. The normalized spacial score (nSPS) is 12.4. The Labute approximate surface area is 145 Å². The van der Waals surface area contributed by atoms with Gasteiger partial charge in [-0.05, 0) is 48.4 Å². The van der Waals surface area contributed by atoms with Gasteiger partial charge in [0.05, 0.1) is 10.0 Å². The fourth-order valence-electron chi connectivity index (χ4n) is 2.21. The highest BCUT2D eigenvalue weighted by molar-refractivity contribution is 6.42. The van der Waals surface area contributed by atoms with E-state index in [0.717, 1.165) is 17.7 Å². The van der Waals surface area contributed by atoms with Crippen LogP contribution in [0.25, 0.3) is 0 Å². The molecule has 1 atom stereocenters. The summed E-state index contributed by atoms with van der Waals surface area (Å²) in [5.41, 5.74) is 1.99. The molecule has 0 bridgehead atoms. The smallest absolute Gasteiger partial charge is 0.0595 e. The summed E-state index contributed by atoms with van der Waals surface area (Å²) in [6, 6.07) is 11.3. The van der Waals surface area contributed by atoms with E-state index >= 15 is 0 Å². The van der Waals surface area contributed by atoms with Crippen LogP contribution in [0.5, 0.6) is 0 Å². The minimum Gasteiger partial charge on any atom is -0.310 e. The van der Waals surface area contributed by atoms with Crippen molar-refractivity contribution in [2.75, 3.05) is 6.54 Å². The highest BCUT2D eigenvalue weighted by Gasteiger charge is 2.16. The molecule has 0 heterocycles. The maximum absolute atomic E-state index is 6.26. The van der Waals surface area contributed by atoms with Crippen molar-refractivity contribution < 1.29 is 0 Å². The highest BCUT2D eigenvalue weighted by Crippen LogP contribution is 2.31. The van der Waals surface area contributed by atoms with Crippen LogP contribution >= 0.6 is 46.4 Å². The van der Waals surface area contributed by atoms with E-state index in [4.69, 9.17) is 46.4 Å². The second kappa shape index (κ2) is 7.71. The van der Waals surface area contributed by atoms with Crippen LogP contribution in [0.1, 0.15) is 24.1 Å². The number of hydrogen-bond donors (Lipinski definition) is 1. The Hall–Kier alpha value is -0.440. The predicted octanol–water partition coefficient (Wildman–Crippen LogP) is 6.19. The van der Waals surface area contributed by atoms with Crippen molar-refractivity contribution >= 4 is 46.4 Å². The van der Waals surface area contributed by atoms with E-state index in [1.807, 2.05) is 30.3 Å². The second-order valence-corrected chi connectivity index (χ2v) is 6.32. The largest absolute Gasteiger partial charge is 0.310 e. The van der Waals surface area contributed by atoms with Crippen LogP contribution < -0.4 is 5.32 Å². The number of halogens is 4. The molecular formula is C16H15Cl4N. The number of likely N-dealkylation sites (N-methyl/N-ethyl adjacent to an activating group) is 1. The van der Waals surface area contributed by atoms with Gasteiger partial charge in [-0.15, -0.1) is 0 Å². The Balaban J connectivity index is 2.33. The van der Waals surface area contributed by atoms with Gasteiger partial charge in [-0.2, -0.15) is 0 Å². The number of nitrogens with one attached hydrogen (secondary N) is 1. The van der Waals surface area contributed by atoms with E-state index in [9.17, 15) is 0 Å². The maximum atomic E-state index is 6.26. The van der Waals surface area contributed by atoms with Gasteiger partial charge in [0, 0.05) is 16.1 Å². The van der Waals surface area contributed by atoms with Gasteiger partial charge in [-0.25, -0.2) is 0 Å². The quantitative estimate of drug-likeness (QED) is 0.668. The third-order valence-corrected chi connectivity index (χ3v) is 4.71. The molecule has 112 valence electrons. The Bertz CT molecular complexity index is 607. The third kappa shape index (κ3) is 4.28. The molecule has 5 heteroatoms. The van der Waals surface area contributed by atoms with E-state index in [1.165, 1.54) is 0 Å². The van der Waals surface area contributed by atoms with Crippen LogP contribution in [0.3, 0.4) is 0 Å². The van der Waals surface area contributed by atoms with E-state index in [1.54, 1.807) is 6.07 Å². The zero-order chi connectivity index (χ0) is 15.4. The van der Waals surface area contributed by atoms with Gasteiger partial charge in [-0.3, -0.25) is 0 Å². The van der Waals surface area contributed by atoms with Gasteiger partial charge >= 0.3 is 0 Å². The van der Waals surface area contributed by atoms with Crippen LogP contribution in [-0.4, -0.2) is 6.54 Å². The van der Waals surface area contributed by atoms with Crippen molar-refractivity contribution in [3.8, 4) is 0 Å². The molecule has 0 aromatic heterocycles.